The molecule has 0 fully saturated rings. The Labute approximate surface area is 155 Å². The van der Waals surface area contributed by atoms with Gasteiger partial charge in [0.25, 0.3) is 12.3 Å². The molecule has 7 nitrogen and oxygen atoms in total. The number of anilines is 1. The number of aliphatic hydroxyl groups is 2. The molecule has 146 valence electrons. The lowest BCUT2D eigenvalue weighted by atomic mass is 9.91. The van der Waals surface area contributed by atoms with Gasteiger partial charge < -0.3 is 21.3 Å². The van der Waals surface area contributed by atoms with Gasteiger partial charge in [-0.25, -0.2) is 18.7 Å². The molecule has 1 aromatic carbocycles. The van der Waals surface area contributed by atoms with Crippen LogP contribution in [0, 0.1) is 6.92 Å². The first-order valence-corrected chi connectivity index (χ1v) is 8.26. The molecule has 0 aliphatic heterocycles. The van der Waals surface area contributed by atoms with Crippen LogP contribution in [-0.2, 0) is 5.60 Å². The molecule has 0 saturated carbocycles. The molecule has 0 aliphatic carbocycles. The van der Waals surface area contributed by atoms with Crippen LogP contribution >= 0.6 is 0 Å². The number of nitrogens with two attached hydrogens (primary N) is 1. The second kappa shape index (κ2) is 7.93. The van der Waals surface area contributed by atoms with Crippen molar-refractivity contribution in [3.8, 4) is 11.3 Å². The lowest BCUT2D eigenvalue weighted by molar-refractivity contribution is -0.129. The summed E-state index contributed by atoms with van der Waals surface area (Å²) in [5, 5.41) is 22.0. The number of nitrogens with one attached hydrogen (secondary N) is 1. The number of hydrogen-bond donors (Lipinski definition) is 4. The second-order valence-corrected chi connectivity index (χ2v) is 6.53. The van der Waals surface area contributed by atoms with Crippen LogP contribution in [0.15, 0.2) is 24.4 Å². The quantitative estimate of drug-likeness (QED) is 0.604. The zero-order chi connectivity index (χ0) is 20.4. The van der Waals surface area contributed by atoms with Gasteiger partial charge in [0.1, 0.15) is 0 Å². The second-order valence-electron chi connectivity index (χ2n) is 6.53. The van der Waals surface area contributed by atoms with E-state index in [9.17, 15) is 23.8 Å². The van der Waals surface area contributed by atoms with E-state index in [1.165, 1.54) is 24.4 Å². The number of aryl methyl sites for hydroxylation is 1. The Morgan fingerprint density at radius 2 is 2.04 bits per heavy atom. The standard InChI is InChI=1S/C18H22F2N4O3/c1-9(2)23-16(26)14-15(21)22-7-13(24-14)12-6-11(5-4-10(12)3)18(27,8-25)17(19)20/h4-7,9,17,25,27H,8H2,1-3H3,(H2,21,22)(H,23,26). The fourth-order valence-electron chi connectivity index (χ4n) is 2.48. The minimum atomic E-state index is -3.19. The van der Waals surface area contributed by atoms with E-state index in [0.29, 0.717) is 11.1 Å². The van der Waals surface area contributed by atoms with Crippen LogP contribution in [0.5, 0.6) is 0 Å². The molecule has 0 aliphatic rings. The van der Waals surface area contributed by atoms with Gasteiger partial charge in [-0.2, -0.15) is 0 Å². The predicted molar refractivity (Wildman–Crippen MR) is 96.2 cm³/mol. The van der Waals surface area contributed by atoms with Crippen molar-refractivity contribution in [3.05, 3.63) is 41.2 Å². The molecule has 2 aromatic rings. The third kappa shape index (κ3) is 4.20. The molecule has 9 heteroatoms. The first-order chi connectivity index (χ1) is 12.6. The van der Waals surface area contributed by atoms with Gasteiger partial charge >= 0.3 is 0 Å². The van der Waals surface area contributed by atoms with E-state index in [4.69, 9.17) is 5.73 Å². The molecule has 0 bridgehead atoms. The third-order valence-electron chi connectivity index (χ3n) is 4.05. The largest absolute Gasteiger partial charge is 0.393 e. The molecule has 27 heavy (non-hydrogen) atoms. The van der Waals surface area contributed by atoms with Gasteiger partial charge in [0.15, 0.2) is 17.1 Å². The summed E-state index contributed by atoms with van der Waals surface area (Å²) >= 11 is 0. The summed E-state index contributed by atoms with van der Waals surface area (Å²) in [7, 11) is 0. The van der Waals surface area contributed by atoms with Crippen LogP contribution in [0.4, 0.5) is 14.6 Å². The maximum Gasteiger partial charge on any atom is 0.273 e. The zero-order valence-corrected chi connectivity index (χ0v) is 15.2. The van der Waals surface area contributed by atoms with Crippen LogP contribution in [0.3, 0.4) is 0 Å². The van der Waals surface area contributed by atoms with E-state index >= 15 is 0 Å². The summed E-state index contributed by atoms with van der Waals surface area (Å²) < 4.78 is 26.5. The number of nitrogen functional groups attached to an aromatic ring is 1. The van der Waals surface area contributed by atoms with E-state index in [1.54, 1.807) is 20.8 Å². The number of nitrogens with zero attached hydrogens (tertiary/aromatic N) is 2. The number of aromatic nitrogens is 2. The average Bonchev–Trinajstić information content (AvgIpc) is 2.61. The first kappa shape index (κ1) is 20.7. The van der Waals surface area contributed by atoms with Crippen molar-refractivity contribution in [2.45, 2.75) is 38.8 Å². The van der Waals surface area contributed by atoms with Gasteiger partial charge in [0, 0.05) is 11.6 Å². The number of carbonyl (C=O) groups is 1. The Morgan fingerprint density at radius 3 is 2.59 bits per heavy atom. The lowest BCUT2D eigenvalue weighted by Crippen LogP contribution is -2.38. The van der Waals surface area contributed by atoms with Crippen molar-refractivity contribution in [2.75, 3.05) is 12.3 Å². The van der Waals surface area contributed by atoms with Crippen molar-refractivity contribution < 1.29 is 23.8 Å². The van der Waals surface area contributed by atoms with Crippen LogP contribution in [-0.4, -0.2) is 45.2 Å². The number of carbonyl (C=O) groups excluding carboxylic acids is 1. The van der Waals surface area contributed by atoms with Gasteiger partial charge in [-0.05, 0) is 38.0 Å². The fraction of sp³-hybridized carbons (Fsp3) is 0.389. The lowest BCUT2D eigenvalue weighted by Gasteiger charge is -2.26. The highest BCUT2D eigenvalue weighted by Crippen LogP contribution is 2.32. The predicted octanol–water partition coefficient (Wildman–Crippen LogP) is 1.62. The summed E-state index contributed by atoms with van der Waals surface area (Å²) in [6.07, 6.45) is -1.88. The molecule has 1 aromatic heterocycles. The van der Waals surface area contributed by atoms with Gasteiger partial charge in [-0.3, -0.25) is 4.79 Å². The molecule has 1 amide bonds. The van der Waals surface area contributed by atoms with Gasteiger partial charge in [-0.15, -0.1) is 0 Å². The minimum absolute atomic E-state index is 0.0647. The van der Waals surface area contributed by atoms with Crippen LogP contribution < -0.4 is 11.1 Å². The molecule has 0 saturated heterocycles. The minimum Gasteiger partial charge on any atom is -0.393 e. The Balaban J connectivity index is 2.56. The van der Waals surface area contributed by atoms with E-state index in [2.05, 4.69) is 15.3 Å². The molecule has 1 heterocycles. The molecule has 2 rings (SSSR count). The number of alkyl halides is 2. The average molecular weight is 380 g/mol. The van der Waals surface area contributed by atoms with Crippen molar-refractivity contribution in [1.82, 2.24) is 15.3 Å². The highest BCUT2D eigenvalue weighted by Gasteiger charge is 2.39. The topological polar surface area (TPSA) is 121 Å². The molecule has 1 unspecified atom stereocenters. The van der Waals surface area contributed by atoms with E-state index < -0.39 is 24.5 Å². The summed E-state index contributed by atoms with van der Waals surface area (Å²) in [5.74, 6) is -0.574. The number of halogens is 2. The van der Waals surface area contributed by atoms with E-state index in [-0.39, 0.29) is 28.8 Å². The maximum atomic E-state index is 13.2. The monoisotopic (exact) mass is 380 g/mol. The fourth-order valence-corrected chi connectivity index (χ4v) is 2.48. The highest BCUT2D eigenvalue weighted by atomic mass is 19.3. The van der Waals surface area contributed by atoms with Crippen molar-refractivity contribution in [2.24, 2.45) is 0 Å². The number of rotatable bonds is 6. The Hall–Kier alpha value is -2.65. The Kier molecular flexibility index (Phi) is 6.07. The molecule has 1 atom stereocenters. The van der Waals surface area contributed by atoms with Gasteiger partial charge in [-0.1, -0.05) is 12.1 Å². The van der Waals surface area contributed by atoms with Crippen LogP contribution in [0.1, 0.15) is 35.5 Å². The van der Waals surface area contributed by atoms with Gasteiger partial charge in [0.2, 0.25) is 0 Å². The zero-order valence-electron chi connectivity index (χ0n) is 15.2. The smallest absolute Gasteiger partial charge is 0.273 e. The van der Waals surface area contributed by atoms with E-state index in [1.807, 2.05) is 0 Å². The summed E-state index contributed by atoms with van der Waals surface area (Å²) in [5.41, 5.74) is 4.03. The van der Waals surface area contributed by atoms with E-state index in [0.717, 1.165) is 0 Å². The molecular formula is C18H22F2N4O3. The van der Waals surface area contributed by atoms with Crippen molar-refractivity contribution in [3.63, 3.8) is 0 Å². The Morgan fingerprint density at radius 1 is 1.37 bits per heavy atom. The molecule has 0 spiro atoms. The van der Waals surface area contributed by atoms with Crippen molar-refractivity contribution >= 4 is 11.7 Å². The Bertz CT molecular complexity index is 845. The molecule has 5 N–H and O–H groups in total. The number of hydrogen-bond acceptors (Lipinski definition) is 6. The van der Waals surface area contributed by atoms with Gasteiger partial charge in [0.05, 0.1) is 18.5 Å². The maximum absolute atomic E-state index is 13.2. The first-order valence-electron chi connectivity index (χ1n) is 8.26. The third-order valence-corrected chi connectivity index (χ3v) is 4.05. The number of aliphatic hydroxyl groups excluding tert-OH is 1. The summed E-state index contributed by atoms with van der Waals surface area (Å²) in [4.78, 5) is 20.4. The summed E-state index contributed by atoms with van der Waals surface area (Å²) in [6, 6.07) is 3.97. The normalized spacial score (nSPS) is 13.7. The number of amides is 1. The van der Waals surface area contributed by atoms with Crippen LogP contribution in [0.2, 0.25) is 0 Å². The van der Waals surface area contributed by atoms with Crippen LogP contribution in [0.25, 0.3) is 11.3 Å². The number of benzene rings is 1. The highest BCUT2D eigenvalue weighted by molar-refractivity contribution is 5.97. The molecule has 0 radical (unpaired) electrons. The molecular weight excluding hydrogens is 358 g/mol. The summed E-state index contributed by atoms with van der Waals surface area (Å²) in [6.45, 7) is 4.12. The van der Waals surface area contributed by atoms with Crippen molar-refractivity contribution in [1.29, 1.82) is 0 Å². The SMILES string of the molecule is Cc1ccc(C(O)(CO)C(F)F)cc1-c1cnc(N)c(C(=O)NC(C)C)n1.